The van der Waals surface area contributed by atoms with Crippen LogP contribution in [0.1, 0.15) is 22.7 Å². The quantitative estimate of drug-likeness (QED) is 0.857. The summed E-state index contributed by atoms with van der Waals surface area (Å²) in [7, 11) is 3.56. The second-order valence-electron chi connectivity index (χ2n) is 4.63. The second kappa shape index (κ2) is 6.61. The van der Waals surface area contributed by atoms with Gasteiger partial charge in [-0.3, -0.25) is 0 Å². The molecule has 1 unspecified atom stereocenters. The van der Waals surface area contributed by atoms with Crippen molar-refractivity contribution >= 4 is 27.5 Å². The van der Waals surface area contributed by atoms with Gasteiger partial charge in [0.1, 0.15) is 5.75 Å². The van der Waals surface area contributed by atoms with Crippen LogP contribution in [0.2, 0.25) is 5.02 Å². The number of ether oxygens (including phenoxy) is 1. The molecule has 20 heavy (non-hydrogen) atoms. The molecule has 4 heteroatoms. The molecular formula is C16H17BrClNO. The number of methoxy groups -OCH3 is 1. The van der Waals surface area contributed by atoms with Gasteiger partial charge in [0, 0.05) is 9.50 Å². The number of hydrogen-bond donors (Lipinski definition) is 1. The number of nitrogens with one attached hydrogen (secondary N) is 1. The van der Waals surface area contributed by atoms with E-state index >= 15 is 0 Å². The monoisotopic (exact) mass is 353 g/mol. The fourth-order valence-corrected chi connectivity index (χ4v) is 3.22. The van der Waals surface area contributed by atoms with E-state index in [9.17, 15) is 0 Å². The molecule has 0 aliphatic carbocycles. The Morgan fingerprint density at radius 1 is 1.15 bits per heavy atom. The number of aryl methyl sites for hydroxylation is 1. The highest BCUT2D eigenvalue weighted by molar-refractivity contribution is 9.10. The predicted octanol–water partition coefficient (Wildman–Crippen LogP) is 4.73. The van der Waals surface area contributed by atoms with Crippen LogP contribution in [0.15, 0.2) is 40.9 Å². The number of halogens is 2. The van der Waals surface area contributed by atoms with Crippen LogP contribution >= 0.6 is 27.5 Å². The molecule has 2 aromatic rings. The predicted molar refractivity (Wildman–Crippen MR) is 87.8 cm³/mol. The van der Waals surface area contributed by atoms with Crippen LogP contribution in [0.4, 0.5) is 0 Å². The van der Waals surface area contributed by atoms with Gasteiger partial charge in [-0.25, -0.2) is 0 Å². The first-order valence-corrected chi connectivity index (χ1v) is 7.50. The van der Waals surface area contributed by atoms with Crippen molar-refractivity contribution in [2.75, 3.05) is 14.2 Å². The second-order valence-corrected chi connectivity index (χ2v) is 5.90. The third kappa shape index (κ3) is 3.17. The zero-order chi connectivity index (χ0) is 14.7. The van der Waals surface area contributed by atoms with Gasteiger partial charge in [0.15, 0.2) is 0 Å². The van der Waals surface area contributed by atoms with Crippen LogP contribution in [0.5, 0.6) is 5.75 Å². The highest BCUT2D eigenvalue weighted by Crippen LogP contribution is 2.34. The summed E-state index contributed by atoms with van der Waals surface area (Å²) in [4.78, 5) is 0. The summed E-state index contributed by atoms with van der Waals surface area (Å²) >= 11 is 10.0. The molecule has 1 atom stereocenters. The molecule has 1 N–H and O–H groups in total. The van der Waals surface area contributed by atoms with Crippen LogP contribution in [0.3, 0.4) is 0 Å². The molecule has 0 saturated carbocycles. The maximum Gasteiger partial charge on any atom is 0.120 e. The minimum Gasteiger partial charge on any atom is -0.497 e. The zero-order valence-corrected chi connectivity index (χ0v) is 14.0. The lowest BCUT2D eigenvalue weighted by molar-refractivity contribution is 0.414. The van der Waals surface area contributed by atoms with Gasteiger partial charge in [-0.15, -0.1) is 0 Å². The standard InChI is InChI=1S/C16H17BrClNO/c1-10-4-6-12(14(17)8-10)16(19-2)13-7-5-11(20-3)9-15(13)18/h4-9,16,19H,1-3H3. The third-order valence-electron chi connectivity index (χ3n) is 3.27. The van der Waals surface area contributed by atoms with Crippen molar-refractivity contribution < 1.29 is 4.74 Å². The molecule has 0 bridgehead atoms. The summed E-state index contributed by atoms with van der Waals surface area (Å²) in [6.07, 6.45) is 0. The van der Waals surface area contributed by atoms with Crippen molar-refractivity contribution in [3.63, 3.8) is 0 Å². The smallest absolute Gasteiger partial charge is 0.120 e. The Labute approximate surface area is 133 Å². The fraction of sp³-hybridized carbons (Fsp3) is 0.250. The third-order valence-corrected chi connectivity index (χ3v) is 4.29. The normalized spacial score (nSPS) is 12.2. The Balaban J connectivity index is 2.47. The topological polar surface area (TPSA) is 21.3 Å². The maximum atomic E-state index is 6.38. The fourth-order valence-electron chi connectivity index (χ4n) is 2.21. The first-order chi connectivity index (χ1) is 9.56. The summed E-state index contributed by atoms with van der Waals surface area (Å²) in [5.41, 5.74) is 3.40. The van der Waals surface area contributed by atoms with Crippen molar-refractivity contribution in [1.82, 2.24) is 5.32 Å². The van der Waals surface area contributed by atoms with Crippen LogP contribution in [0, 0.1) is 6.92 Å². The highest BCUT2D eigenvalue weighted by atomic mass is 79.9. The lowest BCUT2D eigenvalue weighted by atomic mass is 9.98. The van der Waals surface area contributed by atoms with E-state index in [2.05, 4.69) is 46.4 Å². The minimum absolute atomic E-state index is 0.0309. The molecule has 0 aliphatic rings. The van der Waals surface area contributed by atoms with Crippen molar-refractivity contribution in [3.8, 4) is 5.75 Å². The summed E-state index contributed by atoms with van der Waals surface area (Å²) in [5.74, 6) is 0.761. The molecule has 0 aliphatic heterocycles. The van der Waals surface area contributed by atoms with Crippen molar-refractivity contribution in [3.05, 3.63) is 62.6 Å². The van der Waals surface area contributed by atoms with E-state index in [1.807, 2.05) is 25.2 Å². The zero-order valence-electron chi connectivity index (χ0n) is 11.7. The molecule has 0 spiro atoms. The minimum atomic E-state index is 0.0309. The van der Waals surface area contributed by atoms with Gasteiger partial charge in [0.2, 0.25) is 0 Å². The van der Waals surface area contributed by atoms with Crippen molar-refractivity contribution in [1.29, 1.82) is 0 Å². The van der Waals surface area contributed by atoms with E-state index in [4.69, 9.17) is 16.3 Å². The molecule has 2 nitrogen and oxygen atoms in total. The van der Waals surface area contributed by atoms with E-state index < -0.39 is 0 Å². The summed E-state index contributed by atoms with van der Waals surface area (Å²) in [6.45, 7) is 2.07. The van der Waals surface area contributed by atoms with Gasteiger partial charge in [0.25, 0.3) is 0 Å². The molecule has 0 heterocycles. The van der Waals surface area contributed by atoms with Gasteiger partial charge in [-0.2, -0.15) is 0 Å². The number of benzene rings is 2. The Morgan fingerprint density at radius 3 is 2.40 bits per heavy atom. The van der Waals surface area contributed by atoms with Gasteiger partial charge in [0.05, 0.1) is 13.2 Å². The molecule has 0 radical (unpaired) electrons. The van der Waals surface area contributed by atoms with E-state index in [1.54, 1.807) is 7.11 Å². The molecule has 0 fully saturated rings. The Bertz CT molecular complexity index is 615. The van der Waals surface area contributed by atoms with E-state index in [1.165, 1.54) is 5.56 Å². The number of hydrogen-bond acceptors (Lipinski definition) is 2. The largest absolute Gasteiger partial charge is 0.497 e. The molecule has 2 rings (SSSR count). The molecule has 0 amide bonds. The SMILES string of the molecule is CNC(c1ccc(OC)cc1Cl)c1ccc(C)cc1Br. The van der Waals surface area contributed by atoms with Gasteiger partial charge < -0.3 is 10.1 Å². The van der Waals surface area contributed by atoms with Crippen LogP contribution in [-0.2, 0) is 0 Å². The summed E-state index contributed by atoms with van der Waals surface area (Å²) in [5, 5.41) is 4.01. The Kier molecular flexibility index (Phi) is 5.08. The van der Waals surface area contributed by atoms with E-state index in [-0.39, 0.29) is 6.04 Å². The molecule has 0 saturated heterocycles. The molecule has 0 aromatic heterocycles. The first kappa shape index (κ1) is 15.4. The summed E-state index contributed by atoms with van der Waals surface area (Å²) < 4.78 is 6.27. The average molecular weight is 355 g/mol. The lowest BCUT2D eigenvalue weighted by Crippen LogP contribution is -2.18. The van der Waals surface area contributed by atoms with Crippen LogP contribution in [-0.4, -0.2) is 14.2 Å². The Hall–Kier alpha value is -1.03. The van der Waals surface area contributed by atoms with E-state index in [0.29, 0.717) is 5.02 Å². The average Bonchev–Trinajstić information content (AvgIpc) is 2.43. The Morgan fingerprint density at radius 2 is 1.85 bits per heavy atom. The van der Waals surface area contributed by atoms with E-state index in [0.717, 1.165) is 21.3 Å². The first-order valence-electron chi connectivity index (χ1n) is 6.33. The van der Waals surface area contributed by atoms with Crippen molar-refractivity contribution in [2.24, 2.45) is 0 Å². The molecule has 106 valence electrons. The number of rotatable bonds is 4. The van der Waals surface area contributed by atoms with Gasteiger partial charge >= 0.3 is 0 Å². The van der Waals surface area contributed by atoms with Crippen molar-refractivity contribution in [2.45, 2.75) is 13.0 Å². The lowest BCUT2D eigenvalue weighted by Gasteiger charge is -2.20. The van der Waals surface area contributed by atoms with Gasteiger partial charge in [-0.1, -0.05) is 45.7 Å². The summed E-state index contributed by atoms with van der Waals surface area (Å²) in [6, 6.07) is 12.1. The molecule has 2 aromatic carbocycles. The van der Waals surface area contributed by atoms with Crippen LogP contribution in [0.25, 0.3) is 0 Å². The van der Waals surface area contributed by atoms with Gasteiger partial charge in [-0.05, 0) is 48.9 Å². The van der Waals surface area contributed by atoms with Crippen LogP contribution < -0.4 is 10.1 Å². The molecular weight excluding hydrogens is 338 g/mol. The highest BCUT2D eigenvalue weighted by Gasteiger charge is 2.18. The maximum absolute atomic E-state index is 6.38.